The molecule has 1 N–H and O–H groups in total. The Hall–Kier alpha value is -2.42. The Morgan fingerprint density at radius 1 is 1.30 bits per heavy atom. The zero-order valence-corrected chi connectivity index (χ0v) is 12.1. The van der Waals surface area contributed by atoms with Crippen LogP contribution in [0.2, 0.25) is 0 Å². The molecule has 0 bridgehead atoms. The van der Waals surface area contributed by atoms with Gasteiger partial charge in [0.25, 0.3) is 0 Å². The summed E-state index contributed by atoms with van der Waals surface area (Å²) in [7, 11) is 0. The highest BCUT2D eigenvalue weighted by Gasteiger charge is 2.18. The first-order chi connectivity index (χ1) is 9.54. The van der Waals surface area contributed by atoms with Gasteiger partial charge in [-0.1, -0.05) is 0 Å². The summed E-state index contributed by atoms with van der Waals surface area (Å²) >= 11 is 0. The molecule has 2 aromatic rings. The van der Waals surface area contributed by atoms with Gasteiger partial charge in [0.15, 0.2) is 5.82 Å². The lowest BCUT2D eigenvalue weighted by atomic mass is 10.1. The normalized spacial score (nSPS) is 13.6. The molecule has 0 radical (unpaired) electrons. The molecule has 0 saturated heterocycles. The highest BCUT2D eigenvalue weighted by atomic mass is 15.3. The van der Waals surface area contributed by atoms with Gasteiger partial charge in [0, 0.05) is 18.4 Å². The number of nitrogens with zero attached hydrogens (tertiary/aromatic N) is 5. The van der Waals surface area contributed by atoms with E-state index in [2.05, 4.69) is 33.6 Å². The summed E-state index contributed by atoms with van der Waals surface area (Å²) in [5.41, 5.74) is 2.20. The lowest BCUT2D eigenvalue weighted by Gasteiger charge is -2.22. The van der Waals surface area contributed by atoms with Gasteiger partial charge in [-0.2, -0.15) is 15.5 Å². The van der Waals surface area contributed by atoms with Crippen molar-refractivity contribution in [3.05, 3.63) is 35.3 Å². The molecule has 2 aromatic heterocycles. The molecule has 6 nitrogen and oxygen atoms in total. The summed E-state index contributed by atoms with van der Waals surface area (Å²) in [6.07, 6.45) is 3.67. The lowest BCUT2D eigenvalue weighted by molar-refractivity contribution is 0.442. The second-order valence-corrected chi connectivity index (χ2v) is 4.91. The Balaban J connectivity index is 2.22. The minimum absolute atomic E-state index is 0.0680. The van der Waals surface area contributed by atoms with Crippen molar-refractivity contribution in [1.82, 2.24) is 20.0 Å². The summed E-state index contributed by atoms with van der Waals surface area (Å²) in [5.74, 6) is 0.530. The maximum absolute atomic E-state index is 9.28. The molecule has 104 valence electrons. The molecule has 0 amide bonds. The van der Waals surface area contributed by atoms with Gasteiger partial charge in [-0.3, -0.25) is 4.68 Å². The second-order valence-electron chi connectivity index (χ2n) is 4.91. The monoisotopic (exact) mass is 270 g/mol. The van der Waals surface area contributed by atoms with Crippen molar-refractivity contribution >= 4 is 5.82 Å². The van der Waals surface area contributed by atoms with Crippen LogP contribution in [0.5, 0.6) is 0 Å². The minimum Gasteiger partial charge on any atom is -0.363 e. The number of hydrogen-bond acceptors (Lipinski definition) is 5. The van der Waals surface area contributed by atoms with E-state index in [4.69, 9.17) is 0 Å². The number of aromatic nitrogens is 4. The van der Waals surface area contributed by atoms with Gasteiger partial charge in [-0.15, -0.1) is 5.10 Å². The smallest absolute Gasteiger partial charge is 0.167 e. The third-order valence-electron chi connectivity index (χ3n) is 3.60. The van der Waals surface area contributed by atoms with Gasteiger partial charge in [0.2, 0.25) is 0 Å². The van der Waals surface area contributed by atoms with Crippen LogP contribution < -0.4 is 5.32 Å². The molecule has 0 saturated carbocycles. The van der Waals surface area contributed by atoms with Gasteiger partial charge in [-0.25, -0.2) is 0 Å². The first-order valence-electron chi connectivity index (χ1n) is 6.54. The van der Waals surface area contributed by atoms with Gasteiger partial charge in [0.1, 0.15) is 11.6 Å². The number of nitrogens with one attached hydrogen (secondary N) is 1. The standard InChI is InChI=1S/C14H18N6/c1-9-10(2)18-19-14(13(9)8-15)17-11(3)12(4)20-7-5-6-16-20/h5-7,11-12H,1-4H3,(H,17,19)/t11-,12-/m1/s1. The van der Waals surface area contributed by atoms with Crippen LogP contribution in [-0.4, -0.2) is 26.0 Å². The lowest BCUT2D eigenvalue weighted by Crippen LogP contribution is -2.28. The average molecular weight is 270 g/mol. The zero-order chi connectivity index (χ0) is 14.7. The van der Waals surface area contributed by atoms with Crippen LogP contribution in [0.4, 0.5) is 5.82 Å². The molecule has 2 heterocycles. The molecular formula is C14H18N6. The third kappa shape index (κ3) is 2.62. The number of rotatable bonds is 4. The molecule has 0 aliphatic carbocycles. The largest absolute Gasteiger partial charge is 0.363 e. The van der Waals surface area contributed by atoms with Crippen LogP contribution in [0.3, 0.4) is 0 Å². The molecule has 0 aliphatic heterocycles. The highest BCUT2D eigenvalue weighted by molar-refractivity contribution is 5.56. The summed E-state index contributed by atoms with van der Waals surface area (Å²) in [6.45, 7) is 7.83. The molecule has 0 fully saturated rings. The Bertz CT molecular complexity index is 626. The van der Waals surface area contributed by atoms with E-state index in [1.807, 2.05) is 37.7 Å². The molecule has 6 heteroatoms. The van der Waals surface area contributed by atoms with Crippen LogP contribution in [0.1, 0.15) is 36.7 Å². The summed E-state index contributed by atoms with van der Waals surface area (Å²) in [4.78, 5) is 0. The molecule has 0 aliphatic rings. The number of hydrogen-bond donors (Lipinski definition) is 1. The number of anilines is 1. The Kier molecular flexibility index (Phi) is 3.99. The summed E-state index contributed by atoms with van der Waals surface area (Å²) in [5, 5.41) is 24.9. The van der Waals surface area contributed by atoms with Gasteiger partial charge in [0.05, 0.1) is 11.7 Å². The van der Waals surface area contributed by atoms with Crippen LogP contribution in [-0.2, 0) is 0 Å². The van der Waals surface area contributed by atoms with Gasteiger partial charge in [-0.05, 0) is 39.3 Å². The summed E-state index contributed by atoms with van der Waals surface area (Å²) in [6, 6.07) is 4.29. The molecule has 2 atom stereocenters. The van der Waals surface area contributed by atoms with Crippen molar-refractivity contribution in [2.24, 2.45) is 0 Å². The molecule has 20 heavy (non-hydrogen) atoms. The maximum atomic E-state index is 9.28. The SMILES string of the molecule is Cc1nnc(N[C@H](C)[C@@H](C)n2cccn2)c(C#N)c1C. The van der Waals surface area contributed by atoms with E-state index in [9.17, 15) is 5.26 Å². The van der Waals surface area contributed by atoms with Crippen LogP contribution in [0, 0.1) is 25.2 Å². The van der Waals surface area contributed by atoms with Crippen molar-refractivity contribution in [3.8, 4) is 6.07 Å². The van der Waals surface area contributed by atoms with Crippen molar-refractivity contribution in [3.63, 3.8) is 0 Å². The van der Waals surface area contributed by atoms with E-state index in [0.29, 0.717) is 11.4 Å². The van der Waals surface area contributed by atoms with Crippen molar-refractivity contribution < 1.29 is 0 Å². The van der Waals surface area contributed by atoms with E-state index in [1.165, 1.54) is 0 Å². The molecule has 0 spiro atoms. The first kappa shape index (κ1) is 14.0. The third-order valence-corrected chi connectivity index (χ3v) is 3.60. The fourth-order valence-electron chi connectivity index (χ4n) is 1.93. The Labute approximate surface area is 118 Å². The second kappa shape index (κ2) is 5.70. The van der Waals surface area contributed by atoms with Crippen molar-refractivity contribution in [2.45, 2.75) is 39.8 Å². The highest BCUT2D eigenvalue weighted by Crippen LogP contribution is 2.20. The molecule has 2 rings (SSSR count). The fourth-order valence-corrected chi connectivity index (χ4v) is 1.93. The van der Waals surface area contributed by atoms with E-state index < -0.39 is 0 Å². The molecule has 0 unspecified atom stereocenters. The van der Waals surface area contributed by atoms with Crippen LogP contribution in [0.15, 0.2) is 18.5 Å². The Morgan fingerprint density at radius 2 is 2.05 bits per heavy atom. The average Bonchev–Trinajstić information content (AvgIpc) is 2.96. The summed E-state index contributed by atoms with van der Waals surface area (Å²) < 4.78 is 1.87. The minimum atomic E-state index is 0.0680. The van der Waals surface area contributed by atoms with Crippen LogP contribution in [0.25, 0.3) is 0 Å². The number of nitriles is 1. The topological polar surface area (TPSA) is 79.4 Å². The fraction of sp³-hybridized carbons (Fsp3) is 0.429. The zero-order valence-electron chi connectivity index (χ0n) is 12.1. The number of aryl methyl sites for hydroxylation is 1. The van der Waals surface area contributed by atoms with Crippen LogP contribution >= 0.6 is 0 Å². The molecular weight excluding hydrogens is 252 g/mol. The molecule has 0 aromatic carbocycles. The van der Waals surface area contributed by atoms with E-state index in [-0.39, 0.29) is 12.1 Å². The van der Waals surface area contributed by atoms with Crippen molar-refractivity contribution in [1.29, 1.82) is 5.26 Å². The van der Waals surface area contributed by atoms with E-state index in [0.717, 1.165) is 11.3 Å². The van der Waals surface area contributed by atoms with E-state index in [1.54, 1.807) is 6.20 Å². The Morgan fingerprint density at radius 3 is 2.65 bits per heavy atom. The first-order valence-corrected chi connectivity index (χ1v) is 6.54. The van der Waals surface area contributed by atoms with E-state index >= 15 is 0 Å². The van der Waals surface area contributed by atoms with Crippen molar-refractivity contribution in [2.75, 3.05) is 5.32 Å². The van der Waals surface area contributed by atoms with Gasteiger partial charge >= 0.3 is 0 Å². The quantitative estimate of drug-likeness (QED) is 0.921. The predicted octanol–water partition coefficient (Wildman–Crippen LogP) is 2.22. The maximum Gasteiger partial charge on any atom is 0.167 e. The predicted molar refractivity (Wildman–Crippen MR) is 76.2 cm³/mol. The van der Waals surface area contributed by atoms with Gasteiger partial charge < -0.3 is 5.32 Å².